The van der Waals surface area contributed by atoms with Crippen LogP contribution in [0.5, 0.6) is 5.75 Å². The number of hydrogen-bond donors (Lipinski definition) is 2. The van der Waals surface area contributed by atoms with Gasteiger partial charge in [0.2, 0.25) is 5.91 Å². The topological polar surface area (TPSA) is 140 Å². The molecule has 3 aromatic rings. The molecule has 2 N–H and O–H groups in total. The zero-order valence-corrected chi connectivity index (χ0v) is 19.8. The lowest BCUT2D eigenvalue weighted by molar-refractivity contribution is -0.384. The maximum absolute atomic E-state index is 12.5. The van der Waals surface area contributed by atoms with Crippen LogP contribution in [0, 0.1) is 23.0 Å². The number of carbonyl (C=O) groups excluding carboxylic acids is 3. The summed E-state index contributed by atoms with van der Waals surface area (Å²) in [4.78, 5) is 47.3. The first-order chi connectivity index (χ1) is 17.1. The Morgan fingerprint density at radius 3 is 2.22 bits per heavy atom. The number of nitro benzene ring substituents is 1. The van der Waals surface area contributed by atoms with Crippen LogP contribution in [-0.2, 0) is 4.79 Å². The molecule has 184 valence electrons. The minimum atomic E-state index is -0.646. The summed E-state index contributed by atoms with van der Waals surface area (Å²) in [6.45, 7) is 5.42. The van der Waals surface area contributed by atoms with Crippen molar-refractivity contribution in [2.45, 2.75) is 20.8 Å². The van der Waals surface area contributed by atoms with Crippen molar-refractivity contribution < 1.29 is 24.0 Å². The molecule has 0 spiro atoms. The van der Waals surface area contributed by atoms with Gasteiger partial charge in [0.05, 0.1) is 16.7 Å². The van der Waals surface area contributed by atoms with Crippen molar-refractivity contribution in [3.05, 3.63) is 99.1 Å². The van der Waals surface area contributed by atoms with Gasteiger partial charge in [-0.25, -0.2) is 10.2 Å². The molecule has 3 aromatic carbocycles. The van der Waals surface area contributed by atoms with Gasteiger partial charge in [0.1, 0.15) is 5.75 Å². The molecule has 0 saturated carbocycles. The first kappa shape index (κ1) is 25.8. The van der Waals surface area contributed by atoms with Gasteiger partial charge in [-0.3, -0.25) is 19.7 Å². The van der Waals surface area contributed by atoms with Crippen molar-refractivity contribution in [3.8, 4) is 5.75 Å². The lowest BCUT2D eigenvalue weighted by Gasteiger charge is -2.08. The zero-order chi connectivity index (χ0) is 26.2. The number of nitrogens with zero attached hydrogens (tertiary/aromatic N) is 2. The van der Waals surface area contributed by atoms with Crippen LogP contribution in [0.4, 0.5) is 11.4 Å². The molecule has 3 rings (SSSR count). The Bertz CT molecular complexity index is 1320. The van der Waals surface area contributed by atoms with Gasteiger partial charge in [0, 0.05) is 34.9 Å². The molecule has 0 aliphatic heterocycles. The number of aryl methyl sites for hydroxylation is 1. The van der Waals surface area contributed by atoms with E-state index in [0.29, 0.717) is 11.3 Å². The second kappa shape index (κ2) is 11.5. The molecule has 0 unspecified atom stereocenters. The first-order valence-corrected chi connectivity index (χ1v) is 11.0. The molecular weight excluding hydrogens is 464 g/mol. The van der Waals surface area contributed by atoms with Gasteiger partial charge in [-0.1, -0.05) is 31.5 Å². The molecular formula is C26H24N4O6. The van der Waals surface area contributed by atoms with E-state index in [-0.39, 0.29) is 34.4 Å². The number of anilines is 1. The SMILES string of the molecule is Cc1ccc(C(=O)Oc2ccc([N+](=O)[O-])cc2/C=N/NC(=O)c2ccc(NC(=O)C(C)C)cc2)cc1. The van der Waals surface area contributed by atoms with Gasteiger partial charge in [-0.05, 0) is 49.4 Å². The van der Waals surface area contributed by atoms with Gasteiger partial charge in [-0.15, -0.1) is 0 Å². The molecule has 2 amide bonds. The second-order valence-electron chi connectivity index (χ2n) is 8.16. The number of nitrogens with one attached hydrogen (secondary N) is 2. The number of amides is 2. The lowest BCUT2D eigenvalue weighted by atomic mass is 10.1. The highest BCUT2D eigenvalue weighted by Gasteiger charge is 2.15. The Morgan fingerprint density at radius 1 is 0.972 bits per heavy atom. The van der Waals surface area contributed by atoms with Crippen molar-refractivity contribution in [2.75, 3.05) is 5.32 Å². The summed E-state index contributed by atoms with van der Waals surface area (Å²) in [6.07, 6.45) is 1.15. The maximum atomic E-state index is 12.5. The summed E-state index contributed by atoms with van der Waals surface area (Å²) in [7, 11) is 0. The predicted octanol–water partition coefficient (Wildman–Crippen LogP) is 4.48. The normalized spacial score (nSPS) is 10.8. The zero-order valence-electron chi connectivity index (χ0n) is 19.8. The molecule has 0 aliphatic carbocycles. The minimum absolute atomic E-state index is 0.0365. The Balaban J connectivity index is 1.73. The fraction of sp³-hybridized carbons (Fsp3) is 0.154. The van der Waals surface area contributed by atoms with Crippen molar-refractivity contribution in [3.63, 3.8) is 0 Å². The summed E-state index contributed by atoms with van der Waals surface area (Å²) in [6, 6.07) is 16.6. The smallest absolute Gasteiger partial charge is 0.343 e. The number of rotatable bonds is 8. The highest BCUT2D eigenvalue weighted by Crippen LogP contribution is 2.24. The van der Waals surface area contributed by atoms with Crippen molar-refractivity contribution in [1.29, 1.82) is 0 Å². The fourth-order valence-corrected chi connectivity index (χ4v) is 2.91. The van der Waals surface area contributed by atoms with Gasteiger partial charge in [0.15, 0.2) is 0 Å². The lowest BCUT2D eigenvalue weighted by Crippen LogP contribution is -2.19. The number of nitro groups is 1. The van der Waals surface area contributed by atoms with E-state index in [1.165, 1.54) is 30.3 Å². The van der Waals surface area contributed by atoms with E-state index in [4.69, 9.17) is 4.74 Å². The Hall–Kier alpha value is -4.86. The molecule has 10 nitrogen and oxygen atoms in total. The Labute approximate surface area is 207 Å². The largest absolute Gasteiger partial charge is 0.422 e. The average Bonchev–Trinajstić information content (AvgIpc) is 2.85. The van der Waals surface area contributed by atoms with Crippen LogP contribution in [0.25, 0.3) is 0 Å². The third kappa shape index (κ3) is 6.83. The van der Waals surface area contributed by atoms with Crippen molar-refractivity contribution in [1.82, 2.24) is 5.43 Å². The van der Waals surface area contributed by atoms with Crippen molar-refractivity contribution >= 4 is 35.4 Å². The second-order valence-corrected chi connectivity index (χ2v) is 8.16. The van der Waals surface area contributed by atoms with E-state index in [9.17, 15) is 24.5 Å². The van der Waals surface area contributed by atoms with Gasteiger partial charge in [0.25, 0.3) is 11.6 Å². The van der Waals surface area contributed by atoms with Crippen LogP contribution < -0.4 is 15.5 Å². The summed E-state index contributed by atoms with van der Waals surface area (Å²) in [5.41, 5.74) is 4.31. The number of carbonyl (C=O) groups is 3. The average molecular weight is 489 g/mol. The van der Waals surface area contributed by atoms with Crippen LogP contribution in [0.1, 0.15) is 45.7 Å². The predicted molar refractivity (Wildman–Crippen MR) is 134 cm³/mol. The Morgan fingerprint density at radius 2 is 1.61 bits per heavy atom. The number of benzene rings is 3. The molecule has 0 radical (unpaired) electrons. The summed E-state index contributed by atoms with van der Waals surface area (Å²) in [5.74, 6) is -1.48. The minimum Gasteiger partial charge on any atom is -0.422 e. The van der Waals surface area contributed by atoms with Crippen LogP contribution >= 0.6 is 0 Å². The molecule has 36 heavy (non-hydrogen) atoms. The van der Waals surface area contributed by atoms with Crippen LogP contribution in [0.3, 0.4) is 0 Å². The molecule has 0 fully saturated rings. The van der Waals surface area contributed by atoms with E-state index in [1.54, 1.807) is 50.2 Å². The highest BCUT2D eigenvalue weighted by molar-refractivity contribution is 5.97. The maximum Gasteiger partial charge on any atom is 0.343 e. The third-order valence-electron chi connectivity index (χ3n) is 5.00. The van der Waals surface area contributed by atoms with Crippen LogP contribution in [0.15, 0.2) is 71.8 Å². The van der Waals surface area contributed by atoms with Gasteiger partial charge < -0.3 is 10.1 Å². The third-order valence-corrected chi connectivity index (χ3v) is 5.00. The first-order valence-electron chi connectivity index (χ1n) is 11.0. The van der Waals surface area contributed by atoms with E-state index < -0.39 is 16.8 Å². The van der Waals surface area contributed by atoms with E-state index in [1.807, 2.05) is 6.92 Å². The summed E-state index contributed by atoms with van der Waals surface area (Å²) < 4.78 is 5.41. The molecule has 0 aliphatic rings. The molecule has 0 bridgehead atoms. The molecule has 0 heterocycles. The molecule has 0 saturated heterocycles. The number of hydrogen-bond acceptors (Lipinski definition) is 7. The van der Waals surface area contributed by atoms with E-state index in [2.05, 4.69) is 15.8 Å². The van der Waals surface area contributed by atoms with Crippen LogP contribution in [0.2, 0.25) is 0 Å². The number of ether oxygens (including phenoxy) is 1. The van der Waals surface area contributed by atoms with Crippen LogP contribution in [-0.4, -0.2) is 28.9 Å². The number of esters is 1. The van der Waals surface area contributed by atoms with Gasteiger partial charge >= 0.3 is 5.97 Å². The number of hydrazone groups is 1. The fourth-order valence-electron chi connectivity index (χ4n) is 2.91. The molecule has 10 heteroatoms. The molecule has 0 aromatic heterocycles. The highest BCUT2D eigenvalue weighted by atomic mass is 16.6. The molecule has 0 atom stereocenters. The van der Waals surface area contributed by atoms with E-state index in [0.717, 1.165) is 11.8 Å². The monoisotopic (exact) mass is 488 g/mol. The Kier molecular flexibility index (Phi) is 8.24. The van der Waals surface area contributed by atoms with E-state index >= 15 is 0 Å². The van der Waals surface area contributed by atoms with Crippen molar-refractivity contribution in [2.24, 2.45) is 11.0 Å². The number of non-ortho nitro benzene ring substituents is 1. The quantitative estimate of drug-likeness (QED) is 0.157. The standard InChI is InChI=1S/C26H24N4O6/c1-16(2)24(31)28-21-10-8-18(9-11-21)25(32)29-27-15-20-14-22(30(34)35)12-13-23(20)36-26(33)19-6-4-17(3)5-7-19/h4-16H,1-3H3,(H,28,31)(H,29,32)/b27-15+. The summed E-state index contributed by atoms with van der Waals surface area (Å²) >= 11 is 0. The van der Waals surface area contributed by atoms with Gasteiger partial charge in [-0.2, -0.15) is 5.10 Å². The summed E-state index contributed by atoms with van der Waals surface area (Å²) in [5, 5.41) is 17.8.